The second-order valence-electron chi connectivity index (χ2n) is 11.9. The second-order valence-corrected chi connectivity index (χ2v) is 11.9. The molecule has 2 aliphatic rings. The SMILES string of the molecule is C=CCn1c(=O)c2cnc(Nc3ccc(N4CCC(N5CCN(C)CC5)CC4)c(OC)c3)nc2n1C(=N)/C=C\C(=O)NC(C)C. The predicted octanol–water partition coefficient (Wildman–Crippen LogP) is 2.65. The van der Waals surface area contributed by atoms with Gasteiger partial charge in [-0.15, -0.1) is 6.58 Å². The van der Waals surface area contributed by atoms with Gasteiger partial charge in [0.05, 0.1) is 19.3 Å². The first kappa shape index (κ1) is 31.9. The number of benzene rings is 1. The number of nitrogens with zero attached hydrogens (tertiary/aromatic N) is 7. The molecule has 0 atom stereocenters. The molecule has 5 rings (SSSR count). The largest absolute Gasteiger partial charge is 0.495 e. The minimum atomic E-state index is -0.358. The van der Waals surface area contributed by atoms with Crippen molar-refractivity contribution >= 4 is 40.1 Å². The lowest BCUT2D eigenvalue weighted by Crippen LogP contribution is -2.52. The van der Waals surface area contributed by atoms with Gasteiger partial charge in [0.15, 0.2) is 5.65 Å². The molecule has 13 nitrogen and oxygen atoms in total. The molecule has 2 saturated heterocycles. The summed E-state index contributed by atoms with van der Waals surface area (Å²) in [7, 11) is 3.86. The third kappa shape index (κ3) is 7.26. The highest BCUT2D eigenvalue weighted by Crippen LogP contribution is 2.34. The molecule has 0 bridgehead atoms. The zero-order chi connectivity index (χ0) is 32.1. The second kappa shape index (κ2) is 14.1. The summed E-state index contributed by atoms with van der Waals surface area (Å²) in [5.74, 6) is 0.566. The summed E-state index contributed by atoms with van der Waals surface area (Å²) in [6.07, 6.45) is 7.86. The molecule has 1 amide bonds. The molecule has 0 saturated carbocycles. The highest BCUT2D eigenvalue weighted by molar-refractivity contribution is 6.02. The number of ether oxygens (including phenoxy) is 1. The summed E-state index contributed by atoms with van der Waals surface area (Å²) < 4.78 is 8.51. The lowest BCUT2D eigenvalue weighted by atomic mass is 10.0. The van der Waals surface area contributed by atoms with Crippen molar-refractivity contribution in [2.24, 2.45) is 0 Å². The minimum Gasteiger partial charge on any atom is -0.495 e. The summed E-state index contributed by atoms with van der Waals surface area (Å²) in [5, 5.41) is 14.9. The number of hydrogen-bond donors (Lipinski definition) is 3. The van der Waals surface area contributed by atoms with Crippen LogP contribution in [0.25, 0.3) is 11.0 Å². The maximum atomic E-state index is 13.2. The Kier molecular flexibility index (Phi) is 9.99. The van der Waals surface area contributed by atoms with Gasteiger partial charge in [-0.2, -0.15) is 4.98 Å². The molecule has 3 aromatic rings. The molecule has 2 aliphatic heterocycles. The highest BCUT2D eigenvalue weighted by atomic mass is 16.5. The van der Waals surface area contributed by atoms with Crippen molar-refractivity contribution in [2.45, 2.75) is 45.3 Å². The number of fused-ring (bicyclic) bond motifs is 1. The van der Waals surface area contributed by atoms with Crippen LogP contribution in [0.2, 0.25) is 0 Å². The third-order valence-electron chi connectivity index (χ3n) is 8.32. The maximum absolute atomic E-state index is 13.2. The van der Waals surface area contributed by atoms with Gasteiger partial charge in [-0.25, -0.2) is 14.3 Å². The summed E-state index contributed by atoms with van der Waals surface area (Å²) in [4.78, 5) is 41.7. The Bertz CT molecular complexity index is 1630. The molecule has 2 aromatic heterocycles. The first-order valence-corrected chi connectivity index (χ1v) is 15.5. The van der Waals surface area contributed by atoms with E-state index < -0.39 is 0 Å². The number of allylic oxidation sites excluding steroid dienone is 2. The minimum absolute atomic E-state index is 0.0452. The standard InChI is InChI=1S/C32H44N10O3/c1-6-13-41-31(44)25-21-34-32(37-30(25)42(41)28(33)9-10-29(43)35-22(2)3)36-23-7-8-26(27(20-23)45-5)40-14-11-24(12-15-40)39-18-16-38(4)17-19-39/h6-10,20-22,24,33H,1,11-19H2,2-5H3,(H,35,43)(H,34,36,37)/b10-9-,33-28?. The molecule has 0 unspecified atom stereocenters. The summed E-state index contributed by atoms with van der Waals surface area (Å²) in [5.41, 5.74) is 1.66. The average Bonchev–Trinajstić information content (AvgIpc) is 3.30. The molecule has 45 heavy (non-hydrogen) atoms. The summed E-state index contributed by atoms with van der Waals surface area (Å²) >= 11 is 0. The molecule has 3 N–H and O–H groups in total. The van der Waals surface area contributed by atoms with E-state index in [4.69, 9.17) is 10.1 Å². The summed E-state index contributed by atoms with van der Waals surface area (Å²) in [6, 6.07) is 6.52. The van der Waals surface area contributed by atoms with Crippen LogP contribution >= 0.6 is 0 Å². The van der Waals surface area contributed by atoms with Crippen LogP contribution in [-0.4, -0.2) is 106 Å². The first-order chi connectivity index (χ1) is 21.7. The van der Waals surface area contributed by atoms with Crippen molar-refractivity contribution in [3.05, 3.63) is 59.6 Å². The van der Waals surface area contributed by atoms with Crippen LogP contribution in [0.15, 0.2) is 54.0 Å². The van der Waals surface area contributed by atoms with Crippen molar-refractivity contribution in [1.82, 2.24) is 34.4 Å². The van der Waals surface area contributed by atoms with Crippen LogP contribution < -0.4 is 25.8 Å². The van der Waals surface area contributed by atoms with Crippen molar-refractivity contribution < 1.29 is 9.53 Å². The number of likely N-dealkylation sites (N-methyl/N-ethyl adjacent to an activating group) is 1. The molecule has 4 heterocycles. The van der Waals surface area contributed by atoms with E-state index in [1.165, 1.54) is 27.7 Å². The Morgan fingerprint density at radius 1 is 1.16 bits per heavy atom. The molecule has 13 heteroatoms. The number of amides is 1. The number of carbonyl (C=O) groups is 1. The van der Waals surface area contributed by atoms with E-state index in [1.807, 2.05) is 26.0 Å². The summed E-state index contributed by atoms with van der Waals surface area (Å²) in [6.45, 7) is 14.1. The lowest BCUT2D eigenvalue weighted by molar-refractivity contribution is -0.116. The van der Waals surface area contributed by atoms with E-state index >= 15 is 0 Å². The van der Waals surface area contributed by atoms with Crippen LogP contribution in [0, 0.1) is 5.41 Å². The molecule has 1 aromatic carbocycles. The van der Waals surface area contributed by atoms with E-state index in [9.17, 15) is 9.59 Å². The third-order valence-corrected chi connectivity index (χ3v) is 8.32. The number of methoxy groups -OCH3 is 1. The zero-order valence-corrected chi connectivity index (χ0v) is 26.6. The van der Waals surface area contributed by atoms with Gasteiger partial charge in [0.25, 0.3) is 5.56 Å². The number of nitrogens with one attached hydrogen (secondary N) is 3. The van der Waals surface area contributed by atoms with Crippen molar-refractivity contribution in [3.8, 4) is 5.75 Å². The Hall–Kier alpha value is -4.49. The molecular formula is C32H44N10O3. The number of piperidine rings is 1. The average molecular weight is 617 g/mol. The van der Waals surface area contributed by atoms with E-state index in [0.717, 1.165) is 69.2 Å². The number of carbonyl (C=O) groups excluding carboxylic acids is 1. The number of rotatable bonds is 10. The molecule has 0 spiro atoms. The quantitative estimate of drug-likeness (QED) is 0.136. The molecule has 0 aliphatic carbocycles. The van der Waals surface area contributed by atoms with Gasteiger partial charge in [-0.05, 0) is 51.9 Å². The lowest BCUT2D eigenvalue weighted by Gasteiger charge is -2.42. The molecule has 240 valence electrons. The van der Waals surface area contributed by atoms with Crippen LogP contribution in [0.5, 0.6) is 5.75 Å². The first-order valence-electron chi connectivity index (χ1n) is 15.5. The van der Waals surface area contributed by atoms with Crippen molar-refractivity contribution in [1.29, 1.82) is 5.41 Å². The number of hydrogen-bond acceptors (Lipinski definition) is 10. The van der Waals surface area contributed by atoms with Gasteiger partial charge in [0.2, 0.25) is 11.9 Å². The smallest absolute Gasteiger partial charge is 0.278 e. The van der Waals surface area contributed by atoms with E-state index in [0.29, 0.717) is 6.04 Å². The van der Waals surface area contributed by atoms with Gasteiger partial charge in [-0.1, -0.05) is 6.08 Å². The van der Waals surface area contributed by atoms with Crippen LogP contribution in [-0.2, 0) is 11.3 Å². The van der Waals surface area contributed by atoms with E-state index in [1.54, 1.807) is 13.2 Å². The van der Waals surface area contributed by atoms with Crippen LogP contribution in [0.4, 0.5) is 17.3 Å². The molecular weight excluding hydrogens is 572 g/mol. The van der Waals surface area contributed by atoms with Crippen molar-refractivity contribution in [2.75, 3.05) is 63.6 Å². The Labute approximate surface area is 263 Å². The van der Waals surface area contributed by atoms with Gasteiger partial charge < -0.3 is 25.2 Å². The Morgan fingerprint density at radius 2 is 1.89 bits per heavy atom. The van der Waals surface area contributed by atoms with Crippen LogP contribution in [0.1, 0.15) is 26.7 Å². The van der Waals surface area contributed by atoms with Crippen LogP contribution in [0.3, 0.4) is 0 Å². The number of aromatic nitrogens is 4. The van der Waals surface area contributed by atoms with E-state index in [2.05, 4.69) is 55.0 Å². The zero-order valence-electron chi connectivity index (χ0n) is 26.6. The van der Waals surface area contributed by atoms with Crippen molar-refractivity contribution in [3.63, 3.8) is 0 Å². The maximum Gasteiger partial charge on any atom is 0.278 e. The normalized spacial score (nSPS) is 16.9. The monoisotopic (exact) mass is 616 g/mol. The molecule has 2 fully saturated rings. The van der Waals surface area contributed by atoms with Gasteiger partial charge in [0.1, 0.15) is 17.0 Å². The predicted molar refractivity (Wildman–Crippen MR) is 178 cm³/mol. The van der Waals surface area contributed by atoms with Gasteiger partial charge in [-0.3, -0.25) is 19.9 Å². The Balaban J connectivity index is 1.34. The number of piperazine rings is 1. The fraction of sp³-hybridized carbons (Fsp3) is 0.469. The van der Waals surface area contributed by atoms with Gasteiger partial charge in [0, 0.05) is 75.4 Å². The topological polar surface area (TPSA) is 137 Å². The van der Waals surface area contributed by atoms with E-state index in [-0.39, 0.29) is 46.9 Å². The Morgan fingerprint density at radius 3 is 2.56 bits per heavy atom. The fourth-order valence-electron chi connectivity index (χ4n) is 5.98. The van der Waals surface area contributed by atoms with Gasteiger partial charge >= 0.3 is 0 Å². The molecule has 0 radical (unpaired) electrons. The number of anilines is 3. The fourth-order valence-corrected chi connectivity index (χ4v) is 5.98. The highest BCUT2D eigenvalue weighted by Gasteiger charge is 2.28.